The van der Waals surface area contributed by atoms with Crippen LogP contribution in [-0.2, 0) is 4.79 Å². The van der Waals surface area contributed by atoms with Crippen LogP contribution in [0.1, 0.15) is 5.56 Å². The summed E-state index contributed by atoms with van der Waals surface area (Å²) >= 11 is 0. The van der Waals surface area contributed by atoms with Gasteiger partial charge in [0.15, 0.2) is 0 Å². The molecule has 0 saturated heterocycles. The number of carbonyl (C=O) groups excluding carboxylic acids is 1. The lowest BCUT2D eigenvalue weighted by Crippen LogP contribution is -2.08. The molecule has 4 heteroatoms. The number of nitrogens with two attached hydrogens (primary N) is 1. The number of ether oxygens (including phenoxy) is 1. The van der Waals surface area contributed by atoms with Gasteiger partial charge in [0, 0.05) is 37.5 Å². The second-order valence-electron chi connectivity index (χ2n) is 3.56. The lowest BCUT2D eigenvalue weighted by molar-refractivity contribution is -0.113. The summed E-state index contributed by atoms with van der Waals surface area (Å²) in [4.78, 5) is 12.6. The molecular formula is C12H16N2O2. The van der Waals surface area contributed by atoms with Crippen molar-refractivity contribution in [3.63, 3.8) is 0 Å². The van der Waals surface area contributed by atoms with E-state index >= 15 is 0 Å². The fourth-order valence-electron chi connectivity index (χ4n) is 1.29. The zero-order valence-corrected chi connectivity index (χ0v) is 9.73. The van der Waals surface area contributed by atoms with Crippen LogP contribution in [0.3, 0.4) is 0 Å². The fraction of sp³-hybridized carbons (Fsp3) is 0.250. The maximum absolute atomic E-state index is 10.6. The standard InChI is InChI=1S/C12H16N2O2/c1-14(2)10-6-4-9(5-7-12(13)15)11(8-10)16-3/h4-8H,1-3H3,(H2,13,15)/b7-5+. The fourth-order valence-corrected chi connectivity index (χ4v) is 1.29. The zero-order valence-electron chi connectivity index (χ0n) is 9.73. The molecular weight excluding hydrogens is 204 g/mol. The molecule has 0 spiro atoms. The van der Waals surface area contributed by atoms with Gasteiger partial charge in [0.2, 0.25) is 5.91 Å². The van der Waals surface area contributed by atoms with E-state index in [0.717, 1.165) is 11.3 Å². The van der Waals surface area contributed by atoms with Gasteiger partial charge in [-0.05, 0) is 18.2 Å². The number of primary amides is 1. The van der Waals surface area contributed by atoms with Crippen LogP contribution >= 0.6 is 0 Å². The van der Waals surface area contributed by atoms with Gasteiger partial charge in [-0.2, -0.15) is 0 Å². The van der Waals surface area contributed by atoms with E-state index in [2.05, 4.69) is 0 Å². The monoisotopic (exact) mass is 220 g/mol. The van der Waals surface area contributed by atoms with E-state index in [1.807, 2.05) is 37.2 Å². The predicted molar refractivity (Wildman–Crippen MR) is 65.5 cm³/mol. The molecule has 16 heavy (non-hydrogen) atoms. The molecule has 1 amide bonds. The molecule has 0 bridgehead atoms. The van der Waals surface area contributed by atoms with Crippen molar-refractivity contribution in [3.05, 3.63) is 29.8 Å². The molecule has 0 unspecified atom stereocenters. The lowest BCUT2D eigenvalue weighted by atomic mass is 10.1. The minimum Gasteiger partial charge on any atom is -0.496 e. The highest BCUT2D eigenvalue weighted by Gasteiger charge is 2.03. The van der Waals surface area contributed by atoms with E-state index in [1.54, 1.807) is 13.2 Å². The first-order valence-corrected chi connectivity index (χ1v) is 4.87. The van der Waals surface area contributed by atoms with Crippen LogP contribution in [0.15, 0.2) is 24.3 Å². The number of nitrogens with zero attached hydrogens (tertiary/aromatic N) is 1. The summed E-state index contributed by atoms with van der Waals surface area (Å²) in [7, 11) is 5.50. The number of hydrogen-bond donors (Lipinski definition) is 1. The Hall–Kier alpha value is -1.97. The van der Waals surface area contributed by atoms with Gasteiger partial charge in [0.1, 0.15) is 5.75 Å². The Bertz CT molecular complexity index is 411. The largest absolute Gasteiger partial charge is 0.496 e. The molecule has 0 atom stereocenters. The Kier molecular flexibility index (Phi) is 3.94. The van der Waals surface area contributed by atoms with E-state index in [9.17, 15) is 4.79 Å². The third-order valence-electron chi connectivity index (χ3n) is 2.16. The van der Waals surface area contributed by atoms with Gasteiger partial charge in [-0.25, -0.2) is 0 Å². The molecule has 0 heterocycles. The molecule has 0 radical (unpaired) electrons. The third-order valence-corrected chi connectivity index (χ3v) is 2.16. The average Bonchev–Trinajstić information content (AvgIpc) is 2.25. The van der Waals surface area contributed by atoms with Gasteiger partial charge in [-0.15, -0.1) is 0 Å². The molecule has 0 aliphatic carbocycles. The van der Waals surface area contributed by atoms with E-state index in [4.69, 9.17) is 10.5 Å². The van der Waals surface area contributed by atoms with Gasteiger partial charge in [-0.3, -0.25) is 4.79 Å². The number of benzene rings is 1. The number of methoxy groups -OCH3 is 1. The van der Waals surface area contributed by atoms with Crippen LogP contribution in [0.5, 0.6) is 5.75 Å². The van der Waals surface area contributed by atoms with E-state index in [-0.39, 0.29) is 0 Å². The van der Waals surface area contributed by atoms with Gasteiger partial charge < -0.3 is 15.4 Å². The first-order chi connectivity index (χ1) is 7.54. The Labute approximate surface area is 95.3 Å². The molecule has 4 nitrogen and oxygen atoms in total. The highest BCUT2D eigenvalue weighted by atomic mass is 16.5. The zero-order chi connectivity index (χ0) is 12.1. The van der Waals surface area contributed by atoms with E-state index in [0.29, 0.717) is 5.75 Å². The molecule has 0 saturated carbocycles. The Morgan fingerprint density at radius 3 is 2.62 bits per heavy atom. The van der Waals surface area contributed by atoms with Crippen LogP contribution < -0.4 is 15.4 Å². The molecule has 1 rings (SSSR count). The SMILES string of the molecule is COc1cc(N(C)C)ccc1/C=C/C(N)=O. The second-order valence-corrected chi connectivity index (χ2v) is 3.56. The first-order valence-electron chi connectivity index (χ1n) is 4.87. The molecule has 0 aliphatic heterocycles. The summed E-state index contributed by atoms with van der Waals surface area (Å²) in [5.74, 6) is 0.238. The normalized spacial score (nSPS) is 10.4. The van der Waals surface area contributed by atoms with Gasteiger partial charge in [0.05, 0.1) is 7.11 Å². The van der Waals surface area contributed by atoms with Crippen molar-refractivity contribution in [2.45, 2.75) is 0 Å². The Balaban J connectivity index is 3.07. The maximum Gasteiger partial charge on any atom is 0.241 e. The highest BCUT2D eigenvalue weighted by molar-refractivity contribution is 5.90. The third kappa shape index (κ3) is 3.02. The number of carbonyl (C=O) groups is 1. The van der Waals surface area contributed by atoms with Crippen LogP contribution in [0.25, 0.3) is 6.08 Å². The average molecular weight is 220 g/mol. The van der Waals surface area contributed by atoms with Crippen LogP contribution in [0.4, 0.5) is 5.69 Å². The van der Waals surface area contributed by atoms with Crippen LogP contribution in [-0.4, -0.2) is 27.1 Å². The van der Waals surface area contributed by atoms with E-state index in [1.165, 1.54) is 6.08 Å². The molecule has 1 aromatic carbocycles. The van der Waals surface area contributed by atoms with Crippen LogP contribution in [0, 0.1) is 0 Å². The van der Waals surface area contributed by atoms with Crippen molar-refractivity contribution in [3.8, 4) is 5.75 Å². The molecule has 1 aromatic rings. The topological polar surface area (TPSA) is 55.6 Å². The minimum absolute atomic E-state index is 0.473. The number of rotatable bonds is 4. The Morgan fingerprint density at radius 1 is 1.44 bits per heavy atom. The van der Waals surface area contributed by atoms with Crippen molar-refractivity contribution in [1.82, 2.24) is 0 Å². The molecule has 0 fully saturated rings. The molecule has 0 aliphatic rings. The summed E-state index contributed by atoms with van der Waals surface area (Å²) in [5, 5.41) is 0. The molecule has 2 N–H and O–H groups in total. The van der Waals surface area contributed by atoms with Crippen molar-refractivity contribution < 1.29 is 9.53 Å². The minimum atomic E-state index is -0.473. The number of anilines is 1. The highest BCUT2D eigenvalue weighted by Crippen LogP contribution is 2.25. The van der Waals surface area contributed by atoms with Gasteiger partial charge in [-0.1, -0.05) is 0 Å². The predicted octanol–water partition coefficient (Wildman–Crippen LogP) is 1.26. The molecule has 86 valence electrons. The summed E-state index contributed by atoms with van der Waals surface area (Å²) < 4.78 is 5.24. The second kappa shape index (κ2) is 5.21. The van der Waals surface area contributed by atoms with Crippen molar-refractivity contribution in [2.75, 3.05) is 26.1 Å². The molecule has 0 aromatic heterocycles. The van der Waals surface area contributed by atoms with E-state index < -0.39 is 5.91 Å². The Morgan fingerprint density at radius 2 is 2.12 bits per heavy atom. The van der Waals surface area contributed by atoms with Gasteiger partial charge >= 0.3 is 0 Å². The smallest absolute Gasteiger partial charge is 0.241 e. The summed E-state index contributed by atoms with van der Waals surface area (Å²) in [6.07, 6.45) is 2.95. The van der Waals surface area contributed by atoms with Gasteiger partial charge in [0.25, 0.3) is 0 Å². The lowest BCUT2D eigenvalue weighted by Gasteiger charge is -2.14. The first kappa shape index (κ1) is 12.1. The van der Waals surface area contributed by atoms with Crippen molar-refractivity contribution in [2.24, 2.45) is 5.73 Å². The maximum atomic E-state index is 10.6. The number of amides is 1. The summed E-state index contributed by atoms with van der Waals surface area (Å²) in [6.45, 7) is 0. The summed E-state index contributed by atoms with van der Waals surface area (Å²) in [6, 6.07) is 5.73. The van der Waals surface area contributed by atoms with Crippen molar-refractivity contribution in [1.29, 1.82) is 0 Å². The van der Waals surface area contributed by atoms with Crippen LogP contribution in [0.2, 0.25) is 0 Å². The van der Waals surface area contributed by atoms with Crippen molar-refractivity contribution >= 4 is 17.7 Å². The quantitative estimate of drug-likeness (QED) is 0.777. The summed E-state index contributed by atoms with van der Waals surface area (Å²) in [5.41, 5.74) is 6.90. The number of hydrogen-bond acceptors (Lipinski definition) is 3.